The molecule has 0 aromatic heterocycles. The quantitative estimate of drug-likeness (QED) is 0.923. The molecule has 5 heteroatoms. The van der Waals surface area contributed by atoms with Crippen molar-refractivity contribution in [2.24, 2.45) is 0 Å². The van der Waals surface area contributed by atoms with Crippen LogP contribution in [0.2, 0.25) is 0 Å². The molecule has 1 aromatic rings. The molecule has 1 heterocycles. The predicted molar refractivity (Wildman–Crippen MR) is 71.7 cm³/mol. The summed E-state index contributed by atoms with van der Waals surface area (Å²) < 4.78 is 13.1. The van der Waals surface area contributed by atoms with Gasteiger partial charge in [0.15, 0.2) is 0 Å². The standard InChI is InChI=1S/C15H18FNO3/c16-12-6-4-5-11(9-12)10-14(18)17-8-3-1-2-7-13(17)15(19)20/h4-6,9,13H,1-3,7-8,10H2,(H,19,20). The van der Waals surface area contributed by atoms with Crippen molar-refractivity contribution in [3.8, 4) is 0 Å². The second kappa shape index (κ2) is 6.50. The molecule has 1 aliphatic heterocycles. The first-order valence-corrected chi connectivity index (χ1v) is 6.84. The number of nitrogens with zero attached hydrogens (tertiary/aromatic N) is 1. The van der Waals surface area contributed by atoms with Crippen LogP contribution >= 0.6 is 0 Å². The smallest absolute Gasteiger partial charge is 0.326 e. The Kier molecular flexibility index (Phi) is 4.71. The summed E-state index contributed by atoms with van der Waals surface area (Å²) in [4.78, 5) is 25.0. The van der Waals surface area contributed by atoms with Gasteiger partial charge >= 0.3 is 5.97 Å². The summed E-state index contributed by atoms with van der Waals surface area (Å²) in [5, 5.41) is 9.24. The second-order valence-corrected chi connectivity index (χ2v) is 5.10. The van der Waals surface area contributed by atoms with Crippen molar-refractivity contribution < 1.29 is 19.1 Å². The molecule has 1 aliphatic rings. The Morgan fingerprint density at radius 1 is 1.30 bits per heavy atom. The van der Waals surface area contributed by atoms with Gasteiger partial charge in [0, 0.05) is 6.54 Å². The van der Waals surface area contributed by atoms with E-state index >= 15 is 0 Å². The number of hydrogen-bond acceptors (Lipinski definition) is 2. The molecular formula is C15H18FNO3. The summed E-state index contributed by atoms with van der Waals surface area (Å²) in [5.41, 5.74) is 0.573. The van der Waals surface area contributed by atoms with Gasteiger partial charge < -0.3 is 10.0 Å². The van der Waals surface area contributed by atoms with Crippen LogP contribution in [-0.2, 0) is 16.0 Å². The molecular weight excluding hydrogens is 261 g/mol. The van der Waals surface area contributed by atoms with Crippen LogP contribution in [0.5, 0.6) is 0 Å². The molecule has 0 radical (unpaired) electrons. The first kappa shape index (κ1) is 14.5. The van der Waals surface area contributed by atoms with E-state index in [1.54, 1.807) is 12.1 Å². The van der Waals surface area contributed by atoms with E-state index in [1.807, 2.05) is 0 Å². The Hall–Kier alpha value is -1.91. The highest BCUT2D eigenvalue weighted by atomic mass is 19.1. The SMILES string of the molecule is O=C(O)C1CCCCCN1C(=O)Cc1cccc(F)c1. The van der Waals surface area contributed by atoms with Crippen molar-refractivity contribution >= 4 is 11.9 Å². The molecule has 1 aromatic carbocycles. The second-order valence-electron chi connectivity index (χ2n) is 5.10. The minimum atomic E-state index is -0.959. The molecule has 0 saturated carbocycles. The van der Waals surface area contributed by atoms with Crippen molar-refractivity contribution in [2.75, 3.05) is 6.54 Å². The van der Waals surface area contributed by atoms with Gasteiger partial charge in [0.25, 0.3) is 0 Å². The Bertz CT molecular complexity index is 504. The zero-order valence-corrected chi connectivity index (χ0v) is 11.2. The van der Waals surface area contributed by atoms with Crippen LogP contribution in [0.15, 0.2) is 24.3 Å². The number of carboxylic acid groups (broad SMARTS) is 1. The number of carboxylic acids is 1. The van der Waals surface area contributed by atoms with Crippen LogP contribution in [0.3, 0.4) is 0 Å². The van der Waals surface area contributed by atoms with E-state index in [0.717, 1.165) is 19.3 Å². The number of carbonyl (C=O) groups excluding carboxylic acids is 1. The average Bonchev–Trinajstić information content (AvgIpc) is 2.64. The van der Waals surface area contributed by atoms with Crippen molar-refractivity contribution in [3.05, 3.63) is 35.6 Å². The summed E-state index contributed by atoms with van der Waals surface area (Å²) in [6, 6.07) is 5.10. The fourth-order valence-electron chi connectivity index (χ4n) is 2.59. The Morgan fingerprint density at radius 2 is 2.10 bits per heavy atom. The molecule has 20 heavy (non-hydrogen) atoms. The number of amides is 1. The third-order valence-electron chi connectivity index (χ3n) is 3.60. The van der Waals surface area contributed by atoms with Crippen LogP contribution in [0.1, 0.15) is 31.2 Å². The largest absolute Gasteiger partial charge is 0.480 e. The van der Waals surface area contributed by atoms with E-state index in [1.165, 1.54) is 17.0 Å². The number of halogens is 1. The predicted octanol–water partition coefficient (Wildman–Crippen LogP) is 2.22. The van der Waals surface area contributed by atoms with Crippen molar-refractivity contribution in [1.82, 2.24) is 4.90 Å². The van der Waals surface area contributed by atoms with Gasteiger partial charge in [-0.15, -0.1) is 0 Å². The number of aliphatic carboxylic acids is 1. The van der Waals surface area contributed by atoms with Gasteiger partial charge in [-0.3, -0.25) is 4.79 Å². The van der Waals surface area contributed by atoms with E-state index in [2.05, 4.69) is 0 Å². The van der Waals surface area contributed by atoms with E-state index < -0.39 is 12.0 Å². The highest BCUT2D eigenvalue weighted by Gasteiger charge is 2.30. The molecule has 2 rings (SSSR count). The first-order chi connectivity index (χ1) is 9.58. The topological polar surface area (TPSA) is 57.6 Å². The van der Waals surface area contributed by atoms with Gasteiger partial charge in [-0.1, -0.05) is 25.0 Å². The molecule has 0 bridgehead atoms. The Balaban J connectivity index is 2.10. The zero-order chi connectivity index (χ0) is 14.5. The summed E-state index contributed by atoms with van der Waals surface area (Å²) >= 11 is 0. The molecule has 1 fully saturated rings. The van der Waals surface area contributed by atoms with Gasteiger partial charge in [-0.2, -0.15) is 0 Å². The fraction of sp³-hybridized carbons (Fsp3) is 0.467. The fourth-order valence-corrected chi connectivity index (χ4v) is 2.59. The molecule has 108 valence electrons. The monoisotopic (exact) mass is 279 g/mol. The lowest BCUT2D eigenvalue weighted by Gasteiger charge is -2.27. The van der Waals surface area contributed by atoms with Crippen LogP contribution in [0, 0.1) is 5.82 Å². The lowest BCUT2D eigenvalue weighted by atomic mass is 10.1. The molecule has 1 amide bonds. The van der Waals surface area contributed by atoms with Gasteiger partial charge in [-0.05, 0) is 30.5 Å². The zero-order valence-electron chi connectivity index (χ0n) is 11.2. The summed E-state index contributed by atoms with van der Waals surface area (Å²) in [7, 11) is 0. The van der Waals surface area contributed by atoms with E-state index in [4.69, 9.17) is 0 Å². The van der Waals surface area contributed by atoms with E-state index in [9.17, 15) is 19.1 Å². The molecule has 0 spiro atoms. The number of hydrogen-bond donors (Lipinski definition) is 1. The number of likely N-dealkylation sites (tertiary alicyclic amines) is 1. The lowest BCUT2D eigenvalue weighted by Crippen LogP contribution is -2.45. The van der Waals surface area contributed by atoms with E-state index in [-0.39, 0.29) is 18.1 Å². The summed E-state index contributed by atoms with van der Waals surface area (Å²) in [6.07, 6.45) is 3.11. The third-order valence-corrected chi connectivity index (χ3v) is 3.60. The van der Waals surface area contributed by atoms with Gasteiger partial charge in [-0.25, -0.2) is 9.18 Å². The third kappa shape index (κ3) is 3.56. The van der Waals surface area contributed by atoms with Gasteiger partial charge in [0.2, 0.25) is 5.91 Å². The molecule has 4 nitrogen and oxygen atoms in total. The molecule has 1 atom stereocenters. The van der Waals surface area contributed by atoms with Crippen LogP contribution < -0.4 is 0 Å². The van der Waals surface area contributed by atoms with Crippen molar-refractivity contribution in [3.63, 3.8) is 0 Å². The first-order valence-electron chi connectivity index (χ1n) is 6.84. The maximum atomic E-state index is 13.1. The molecule has 1 saturated heterocycles. The number of carbonyl (C=O) groups is 2. The number of rotatable bonds is 3. The highest BCUT2D eigenvalue weighted by Crippen LogP contribution is 2.18. The maximum Gasteiger partial charge on any atom is 0.326 e. The van der Waals surface area contributed by atoms with Gasteiger partial charge in [0.1, 0.15) is 11.9 Å². The van der Waals surface area contributed by atoms with Crippen molar-refractivity contribution in [1.29, 1.82) is 0 Å². The summed E-state index contributed by atoms with van der Waals surface area (Å²) in [6.45, 7) is 0.463. The maximum absolute atomic E-state index is 13.1. The van der Waals surface area contributed by atoms with Crippen LogP contribution in [0.4, 0.5) is 4.39 Å². The minimum Gasteiger partial charge on any atom is -0.480 e. The Morgan fingerprint density at radius 3 is 2.80 bits per heavy atom. The number of benzene rings is 1. The van der Waals surface area contributed by atoms with E-state index in [0.29, 0.717) is 18.5 Å². The Labute approximate surface area is 117 Å². The lowest BCUT2D eigenvalue weighted by molar-refractivity contribution is -0.150. The van der Waals surface area contributed by atoms with Crippen molar-refractivity contribution in [2.45, 2.75) is 38.1 Å². The highest BCUT2D eigenvalue weighted by molar-refractivity contribution is 5.85. The molecule has 1 N–H and O–H groups in total. The molecule has 1 unspecified atom stereocenters. The minimum absolute atomic E-state index is 0.0432. The molecule has 0 aliphatic carbocycles. The van der Waals surface area contributed by atoms with Crippen LogP contribution in [-0.4, -0.2) is 34.5 Å². The van der Waals surface area contributed by atoms with Gasteiger partial charge in [0.05, 0.1) is 6.42 Å². The average molecular weight is 279 g/mol. The summed E-state index contributed by atoms with van der Waals surface area (Å²) in [5.74, 6) is -1.59. The van der Waals surface area contributed by atoms with Crippen LogP contribution in [0.25, 0.3) is 0 Å². The normalized spacial score (nSPS) is 19.4.